The Hall–Kier alpha value is -1.97. The summed E-state index contributed by atoms with van der Waals surface area (Å²) in [6.07, 6.45) is 0.980. The van der Waals surface area contributed by atoms with Crippen molar-refractivity contribution < 1.29 is 14.4 Å². The van der Waals surface area contributed by atoms with Gasteiger partial charge in [0.05, 0.1) is 5.69 Å². The highest BCUT2D eigenvalue weighted by atomic mass is 16.2. The summed E-state index contributed by atoms with van der Waals surface area (Å²) < 4.78 is 0. The number of carbonyl (C=O) groups excluding carboxylic acids is 3. The molecule has 0 aromatic heterocycles. The van der Waals surface area contributed by atoms with E-state index in [-0.39, 0.29) is 24.2 Å². The van der Waals surface area contributed by atoms with E-state index in [1.807, 2.05) is 0 Å². The van der Waals surface area contributed by atoms with E-state index < -0.39 is 0 Å². The van der Waals surface area contributed by atoms with Gasteiger partial charge in [-0.05, 0) is 24.3 Å². The van der Waals surface area contributed by atoms with Crippen molar-refractivity contribution in [1.82, 2.24) is 0 Å². The number of anilines is 1. The zero-order chi connectivity index (χ0) is 11.7. The fourth-order valence-electron chi connectivity index (χ4n) is 1.76. The van der Waals surface area contributed by atoms with E-state index in [2.05, 4.69) is 0 Å². The lowest BCUT2D eigenvalue weighted by Gasteiger charge is -2.14. The van der Waals surface area contributed by atoms with E-state index in [1.54, 1.807) is 31.2 Å². The molecule has 1 fully saturated rings. The van der Waals surface area contributed by atoms with Gasteiger partial charge in [-0.2, -0.15) is 0 Å². The predicted molar refractivity (Wildman–Crippen MR) is 58.1 cm³/mol. The SMILES string of the molecule is CC1CC(=O)N(c2ccc(C=O)cc2)C1=O. The number of hydrogen-bond donors (Lipinski definition) is 0. The summed E-state index contributed by atoms with van der Waals surface area (Å²) in [5.41, 5.74) is 1.06. The zero-order valence-corrected chi connectivity index (χ0v) is 8.84. The third kappa shape index (κ3) is 1.62. The third-order valence-electron chi connectivity index (χ3n) is 2.66. The number of nitrogens with zero attached hydrogens (tertiary/aromatic N) is 1. The van der Waals surface area contributed by atoms with E-state index in [1.165, 1.54) is 4.90 Å². The summed E-state index contributed by atoms with van der Waals surface area (Å²) in [5.74, 6) is -0.613. The lowest BCUT2D eigenvalue weighted by molar-refractivity contribution is -0.122. The minimum Gasteiger partial charge on any atom is -0.298 e. The molecule has 0 saturated carbocycles. The van der Waals surface area contributed by atoms with Crippen molar-refractivity contribution in [2.75, 3.05) is 4.90 Å². The Morgan fingerprint density at radius 2 is 1.88 bits per heavy atom. The maximum atomic E-state index is 11.7. The van der Waals surface area contributed by atoms with Gasteiger partial charge in [0.15, 0.2) is 0 Å². The first kappa shape index (κ1) is 10.5. The predicted octanol–water partition coefficient (Wildman–Crippen LogP) is 1.40. The van der Waals surface area contributed by atoms with Crippen LogP contribution in [0.3, 0.4) is 0 Å². The van der Waals surface area contributed by atoms with Crippen LogP contribution >= 0.6 is 0 Å². The normalized spacial score (nSPS) is 20.3. The maximum Gasteiger partial charge on any atom is 0.237 e. The van der Waals surface area contributed by atoms with Gasteiger partial charge < -0.3 is 0 Å². The second-order valence-electron chi connectivity index (χ2n) is 3.88. The van der Waals surface area contributed by atoms with Crippen LogP contribution in [0.4, 0.5) is 5.69 Å². The molecule has 1 heterocycles. The van der Waals surface area contributed by atoms with Crippen molar-refractivity contribution in [3.8, 4) is 0 Å². The van der Waals surface area contributed by atoms with Crippen molar-refractivity contribution in [2.24, 2.45) is 5.92 Å². The van der Waals surface area contributed by atoms with Gasteiger partial charge in [-0.3, -0.25) is 19.3 Å². The number of hydrogen-bond acceptors (Lipinski definition) is 3. The van der Waals surface area contributed by atoms with Gasteiger partial charge in [0.1, 0.15) is 6.29 Å². The number of rotatable bonds is 2. The minimum atomic E-state index is -0.252. The molecule has 2 rings (SSSR count). The summed E-state index contributed by atoms with van der Waals surface area (Å²) in [7, 11) is 0. The molecule has 1 aliphatic rings. The Morgan fingerprint density at radius 1 is 1.25 bits per heavy atom. The van der Waals surface area contributed by atoms with Crippen LogP contribution < -0.4 is 4.90 Å². The molecule has 2 amide bonds. The molecule has 4 heteroatoms. The highest BCUT2D eigenvalue weighted by Gasteiger charge is 2.36. The van der Waals surface area contributed by atoms with E-state index >= 15 is 0 Å². The van der Waals surface area contributed by atoms with Gasteiger partial charge in [-0.15, -0.1) is 0 Å². The Morgan fingerprint density at radius 3 is 2.31 bits per heavy atom. The average Bonchev–Trinajstić information content (AvgIpc) is 2.54. The van der Waals surface area contributed by atoms with Crippen LogP contribution in [0.25, 0.3) is 0 Å². The molecule has 1 aromatic carbocycles. The molecule has 0 bridgehead atoms. The van der Waals surface area contributed by atoms with E-state index in [0.29, 0.717) is 11.3 Å². The van der Waals surface area contributed by atoms with E-state index in [4.69, 9.17) is 0 Å². The molecule has 1 unspecified atom stereocenters. The molecule has 0 aliphatic carbocycles. The topological polar surface area (TPSA) is 54.5 Å². The molecule has 82 valence electrons. The quantitative estimate of drug-likeness (QED) is 0.555. The Bertz CT molecular complexity index is 450. The van der Waals surface area contributed by atoms with Crippen LogP contribution in [-0.4, -0.2) is 18.1 Å². The largest absolute Gasteiger partial charge is 0.298 e. The molecule has 4 nitrogen and oxygen atoms in total. The summed E-state index contributed by atoms with van der Waals surface area (Å²) >= 11 is 0. The monoisotopic (exact) mass is 217 g/mol. The molecule has 1 aromatic rings. The second-order valence-corrected chi connectivity index (χ2v) is 3.88. The molecular weight excluding hydrogens is 206 g/mol. The van der Waals surface area contributed by atoms with Gasteiger partial charge in [-0.25, -0.2) is 0 Å². The van der Waals surface area contributed by atoms with Gasteiger partial charge >= 0.3 is 0 Å². The summed E-state index contributed by atoms with van der Waals surface area (Å²) in [6, 6.07) is 6.40. The van der Waals surface area contributed by atoms with Crippen LogP contribution in [0.15, 0.2) is 24.3 Å². The van der Waals surface area contributed by atoms with Gasteiger partial charge in [0.25, 0.3) is 0 Å². The summed E-state index contributed by atoms with van der Waals surface area (Å²) in [4.78, 5) is 34.9. The first-order valence-corrected chi connectivity index (χ1v) is 5.05. The number of benzene rings is 1. The third-order valence-corrected chi connectivity index (χ3v) is 2.66. The van der Waals surface area contributed by atoms with Gasteiger partial charge in [-0.1, -0.05) is 6.92 Å². The molecule has 0 N–H and O–H groups in total. The summed E-state index contributed by atoms with van der Waals surface area (Å²) in [6.45, 7) is 1.74. The highest BCUT2D eigenvalue weighted by molar-refractivity contribution is 6.20. The van der Waals surface area contributed by atoms with Crippen molar-refractivity contribution in [3.63, 3.8) is 0 Å². The van der Waals surface area contributed by atoms with Crippen LogP contribution in [-0.2, 0) is 9.59 Å². The number of carbonyl (C=O) groups is 3. The molecule has 0 spiro atoms. The molecule has 0 radical (unpaired) electrons. The van der Waals surface area contributed by atoms with Crippen molar-refractivity contribution >= 4 is 23.8 Å². The molecule has 1 aliphatic heterocycles. The van der Waals surface area contributed by atoms with Crippen LogP contribution in [0.2, 0.25) is 0 Å². The highest BCUT2D eigenvalue weighted by Crippen LogP contribution is 2.25. The average molecular weight is 217 g/mol. The first-order chi connectivity index (χ1) is 7.63. The Labute approximate surface area is 92.9 Å². The number of aldehydes is 1. The second kappa shape index (κ2) is 3.89. The van der Waals surface area contributed by atoms with Crippen LogP contribution in [0.1, 0.15) is 23.7 Å². The Balaban J connectivity index is 2.33. The number of imide groups is 1. The zero-order valence-electron chi connectivity index (χ0n) is 8.84. The lowest BCUT2D eigenvalue weighted by Crippen LogP contribution is -2.29. The van der Waals surface area contributed by atoms with Crippen molar-refractivity contribution in [3.05, 3.63) is 29.8 Å². The van der Waals surface area contributed by atoms with Gasteiger partial charge in [0, 0.05) is 17.9 Å². The molecular formula is C12H11NO3. The van der Waals surface area contributed by atoms with E-state index in [0.717, 1.165) is 6.29 Å². The lowest BCUT2D eigenvalue weighted by atomic mass is 10.1. The molecule has 16 heavy (non-hydrogen) atoms. The first-order valence-electron chi connectivity index (χ1n) is 5.05. The van der Waals surface area contributed by atoms with E-state index in [9.17, 15) is 14.4 Å². The smallest absolute Gasteiger partial charge is 0.237 e. The molecule has 1 atom stereocenters. The fraction of sp³-hybridized carbons (Fsp3) is 0.250. The standard InChI is InChI=1S/C12H11NO3/c1-8-6-11(15)13(12(8)16)10-4-2-9(7-14)3-5-10/h2-5,7-8H,6H2,1H3. The van der Waals surface area contributed by atoms with Crippen LogP contribution in [0, 0.1) is 5.92 Å². The molecule has 1 saturated heterocycles. The van der Waals surface area contributed by atoms with Crippen molar-refractivity contribution in [2.45, 2.75) is 13.3 Å². The fourth-order valence-corrected chi connectivity index (χ4v) is 1.76. The van der Waals surface area contributed by atoms with Gasteiger partial charge in [0.2, 0.25) is 11.8 Å². The summed E-state index contributed by atoms with van der Waals surface area (Å²) in [5, 5.41) is 0. The minimum absolute atomic E-state index is 0.177. The van der Waals surface area contributed by atoms with Crippen LogP contribution in [0.5, 0.6) is 0 Å². The van der Waals surface area contributed by atoms with Crippen molar-refractivity contribution in [1.29, 1.82) is 0 Å². The number of amides is 2. The maximum absolute atomic E-state index is 11.7. The Kier molecular flexibility index (Phi) is 2.56.